The first-order valence-electron chi connectivity index (χ1n) is 25.6. The van der Waals surface area contributed by atoms with Crippen LogP contribution in [0.4, 0.5) is 11.4 Å². The van der Waals surface area contributed by atoms with E-state index in [0.29, 0.717) is 6.67 Å². The minimum Gasteiger partial charge on any atom is -0.457 e. The minimum atomic E-state index is -0.302. The Morgan fingerprint density at radius 2 is 0.972 bits per heavy atom. The van der Waals surface area contributed by atoms with Gasteiger partial charge in [-0.2, -0.15) is 0 Å². The average Bonchev–Trinajstić information content (AvgIpc) is 3.92. The van der Waals surface area contributed by atoms with Gasteiger partial charge in [-0.25, -0.2) is 4.98 Å². The van der Waals surface area contributed by atoms with Crippen molar-refractivity contribution >= 4 is 33.2 Å². The van der Waals surface area contributed by atoms with Gasteiger partial charge in [0.15, 0.2) is 0 Å². The van der Waals surface area contributed by atoms with Crippen LogP contribution in [0.15, 0.2) is 164 Å². The normalized spacial score (nSPS) is 14.2. The highest BCUT2D eigenvalue weighted by atomic mass is 16.5. The number of nitrogens with zero attached hydrogens (tertiary/aromatic N) is 4. The van der Waals surface area contributed by atoms with Crippen LogP contribution in [-0.4, -0.2) is 16.2 Å². The number of allylic oxidation sites excluding steroid dienone is 1. The van der Waals surface area contributed by atoms with Gasteiger partial charge in [0.2, 0.25) is 0 Å². The number of aromatic nitrogens is 2. The van der Waals surface area contributed by atoms with Crippen molar-refractivity contribution in [1.29, 1.82) is 0 Å². The number of hydrogen-bond donors (Lipinski definition) is 0. The van der Waals surface area contributed by atoms with E-state index in [1.165, 1.54) is 55.7 Å². The SMILES string of the molecule is CC(C)(C)c1cc(Oc2ccc3c4cc(C(C)(C)C)ccc4n(-c4cc(C(C)(C)c5ccccc5)ccn4)c3c2)cc(N2C=C(C(C)(C)c3ccccc3)N(c3cc(C(C)(C)C)cc(C(C)(C)C)c3)C2)c1. The number of anilines is 2. The molecule has 9 rings (SSSR count). The maximum Gasteiger partial charge on any atom is 0.137 e. The van der Waals surface area contributed by atoms with Crippen molar-refractivity contribution in [2.75, 3.05) is 16.5 Å². The van der Waals surface area contributed by atoms with Crippen LogP contribution in [0.3, 0.4) is 0 Å². The fraction of sp³-hybridized carbons (Fsp3) is 0.348. The smallest absolute Gasteiger partial charge is 0.137 e. The molecule has 0 radical (unpaired) electrons. The molecule has 0 N–H and O–H groups in total. The molecular formula is C66H76N4O. The number of rotatable bonds is 9. The Bertz CT molecular complexity index is 3260. The Morgan fingerprint density at radius 1 is 0.408 bits per heavy atom. The standard InChI is InChI=1S/C66H76N4O/c1-61(2,3)46-27-30-57-56(38-46)55-29-28-53(41-58(55)70(57)60-39-47(31-32-67-60)65(13,14)44-23-19-17-20-24-44)71-54-37-50(64(10,11)12)34-51(40-54)68-42-59(66(15,16)45-25-21-18-22-26-45)69(43-68)52-35-48(62(4,5)6)33-49(36-52)63(7,8)9/h17-42H,43H2,1-16H3. The molecule has 71 heavy (non-hydrogen) atoms. The molecule has 0 saturated carbocycles. The van der Waals surface area contributed by atoms with Crippen LogP contribution < -0.4 is 14.5 Å². The second kappa shape index (κ2) is 17.6. The third kappa shape index (κ3) is 9.65. The van der Waals surface area contributed by atoms with E-state index < -0.39 is 0 Å². The third-order valence-corrected chi connectivity index (χ3v) is 15.1. The highest BCUT2D eigenvalue weighted by Crippen LogP contribution is 2.45. The lowest BCUT2D eigenvalue weighted by molar-refractivity contribution is 0.479. The highest BCUT2D eigenvalue weighted by Gasteiger charge is 2.37. The second-order valence-corrected chi connectivity index (χ2v) is 25.3. The molecule has 0 fully saturated rings. The largest absolute Gasteiger partial charge is 0.457 e. The van der Waals surface area contributed by atoms with E-state index in [9.17, 15) is 0 Å². The number of pyridine rings is 1. The Balaban J connectivity index is 1.17. The topological polar surface area (TPSA) is 33.5 Å². The van der Waals surface area contributed by atoms with Crippen LogP contribution in [0.2, 0.25) is 0 Å². The minimum absolute atomic E-state index is 0.00916. The van der Waals surface area contributed by atoms with Gasteiger partial charge in [0.25, 0.3) is 0 Å². The first-order valence-corrected chi connectivity index (χ1v) is 25.6. The van der Waals surface area contributed by atoms with Gasteiger partial charge in [-0.05, 0) is 121 Å². The molecule has 0 saturated heterocycles. The first kappa shape index (κ1) is 49.4. The van der Waals surface area contributed by atoms with Crippen LogP contribution in [0.5, 0.6) is 11.5 Å². The van der Waals surface area contributed by atoms with Crippen molar-refractivity contribution in [3.63, 3.8) is 0 Å². The zero-order chi connectivity index (χ0) is 51.1. The summed E-state index contributed by atoms with van der Waals surface area (Å²) in [6, 6.07) is 53.7. The molecule has 0 bridgehead atoms. The molecule has 2 aromatic heterocycles. The van der Waals surface area contributed by atoms with Gasteiger partial charge < -0.3 is 14.5 Å². The van der Waals surface area contributed by atoms with Crippen LogP contribution in [-0.2, 0) is 32.5 Å². The molecule has 1 aliphatic heterocycles. The maximum absolute atomic E-state index is 7.11. The Hall–Kier alpha value is -6.59. The number of hydrogen-bond acceptors (Lipinski definition) is 4. The first-order chi connectivity index (χ1) is 33.2. The molecule has 0 atom stereocenters. The van der Waals surface area contributed by atoms with Gasteiger partial charge in [-0.15, -0.1) is 0 Å². The van der Waals surface area contributed by atoms with Crippen molar-refractivity contribution in [3.05, 3.63) is 203 Å². The summed E-state index contributed by atoms with van der Waals surface area (Å²) in [5.41, 5.74) is 13.9. The summed E-state index contributed by atoms with van der Waals surface area (Å²) < 4.78 is 9.43. The van der Waals surface area contributed by atoms with Crippen LogP contribution in [0, 0.1) is 0 Å². The number of fused-ring (bicyclic) bond motifs is 3. The van der Waals surface area contributed by atoms with Crippen molar-refractivity contribution in [3.8, 4) is 17.3 Å². The van der Waals surface area contributed by atoms with Gasteiger partial charge >= 0.3 is 0 Å². The van der Waals surface area contributed by atoms with E-state index in [4.69, 9.17) is 9.72 Å². The molecule has 5 nitrogen and oxygen atoms in total. The monoisotopic (exact) mass is 941 g/mol. The maximum atomic E-state index is 7.11. The molecule has 3 heterocycles. The predicted octanol–water partition coefficient (Wildman–Crippen LogP) is 17.6. The van der Waals surface area contributed by atoms with Gasteiger partial charge in [0.05, 0.1) is 17.7 Å². The molecule has 0 amide bonds. The quantitative estimate of drug-likeness (QED) is 0.144. The van der Waals surface area contributed by atoms with E-state index in [1.807, 2.05) is 6.20 Å². The van der Waals surface area contributed by atoms with E-state index in [1.54, 1.807) is 0 Å². The summed E-state index contributed by atoms with van der Waals surface area (Å²) in [5.74, 6) is 2.45. The molecule has 0 unspecified atom stereocenters. The second-order valence-electron chi connectivity index (χ2n) is 25.3. The van der Waals surface area contributed by atoms with Crippen molar-refractivity contribution in [1.82, 2.24) is 9.55 Å². The fourth-order valence-corrected chi connectivity index (χ4v) is 10.1. The highest BCUT2D eigenvalue weighted by molar-refractivity contribution is 6.09. The van der Waals surface area contributed by atoms with E-state index in [0.717, 1.165) is 39.4 Å². The Labute approximate surface area is 425 Å². The Kier molecular flexibility index (Phi) is 12.3. The van der Waals surface area contributed by atoms with E-state index >= 15 is 0 Å². The zero-order valence-electron chi connectivity index (χ0n) is 45.4. The molecule has 6 aromatic carbocycles. The third-order valence-electron chi connectivity index (χ3n) is 15.1. The van der Waals surface area contributed by atoms with Crippen molar-refractivity contribution < 1.29 is 4.74 Å². The molecule has 366 valence electrons. The molecule has 0 aliphatic carbocycles. The lowest BCUT2D eigenvalue weighted by Gasteiger charge is -2.36. The summed E-state index contributed by atoms with van der Waals surface area (Å²) >= 11 is 0. The summed E-state index contributed by atoms with van der Waals surface area (Å²) in [7, 11) is 0. The van der Waals surface area contributed by atoms with Gasteiger partial charge in [0.1, 0.15) is 17.3 Å². The van der Waals surface area contributed by atoms with E-state index in [-0.39, 0.29) is 32.5 Å². The van der Waals surface area contributed by atoms with Crippen LogP contribution >= 0.6 is 0 Å². The lowest BCUT2D eigenvalue weighted by atomic mass is 9.78. The molecule has 5 heteroatoms. The zero-order valence-corrected chi connectivity index (χ0v) is 45.4. The van der Waals surface area contributed by atoms with E-state index in [2.05, 4.69) is 277 Å². The van der Waals surface area contributed by atoms with Crippen molar-refractivity contribution in [2.24, 2.45) is 0 Å². The lowest BCUT2D eigenvalue weighted by Crippen LogP contribution is -2.34. The molecule has 0 spiro atoms. The number of ether oxygens (including phenoxy) is 1. The van der Waals surface area contributed by atoms with Crippen LogP contribution in [0.25, 0.3) is 27.6 Å². The predicted molar refractivity (Wildman–Crippen MR) is 302 cm³/mol. The molecule has 1 aliphatic rings. The summed E-state index contributed by atoms with van der Waals surface area (Å²) in [5, 5.41) is 2.37. The molecular weight excluding hydrogens is 865 g/mol. The van der Waals surface area contributed by atoms with Crippen molar-refractivity contribution in [2.45, 2.75) is 143 Å². The average molecular weight is 941 g/mol. The van der Waals surface area contributed by atoms with Gasteiger partial charge in [0, 0.05) is 63.2 Å². The van der Waals surface area contributed by atoms with Gasteiger partial charge in [-0.1, -0.05) is 184 Å². The van der Waals surface area contributed by atoms with Crippen LogP contribution in [0.1, 0.15) is 150 Å². The van der Waals surface area contributed by atoms with Gasteiger partial charge in [-0.3, -0.25) is 4.57 Å². The number of benzene rings is 6. The fourth-order valence-electron chi connectivity index (χ4n) is 10.1. The molecule has 8 aromatic rings. The Morgan fingerprint density at radius 3 is 1.56 bits per heavy atom. The summed E-state index contributed by atoms with van der Waals surface area (Å²) in [6.45, 7) is 37.6. The summed E-state index contributed by atoms with van der Waals surface area (Å²) in [4.78, 5) is 10.0. The summed E-state index contributed by atoms with van der Waals surface area (Å²) in [6.07, 6.45) is 4.34.